The fourth-order valence-corrected chi connectivity index (χ4v) is 4.45. The highest BCUT2D eigenvalue weighted by Crippen LogP contribution is 2.40. The SMILES string of the molecule is C[C@H](N[C@@H]1CC[C@@H]2CCCC[C@H]2C1)[C@H](O)c1ccc(O)cc1. The standard InChI is InChI=1S/C19H29NO2/c1-13(19(22)15-7-10-18(21)11-8-15)20-17-9-6-14-4-2-3-5-16(14)12-17/h7-8,10-11,13-14,16-17,19-22H,2-6,9,12H2,1H3/t13-,14-,16-,17+,19-/m0/s1. The van der Waals surface area contributed by atoms with E-state index in [0.717, 1.165) is 17.4 Å². The molecule has 2 saturated carbocycles. The van der Waals surface area contributed by atoms with Crippen molar-refractivity contribution in [2.45, 2.75) is 70.1 Å². The molecule has 5 atom stereocenters. The van der Waals surface area contributed by atoms with Crippen molar-refractivity contribution in [3.8, 4) is 5.75 Å². The Labute approximate surface area is 133 Å². The number of aliphatic hydroxyl groups excluding tert-OH is 1. The first-order chi connectivity index (χ1) is 10.6. The Morgan fingerprint density at radius 2 is 1.68 bits per heavy atom. The predicted molar refractivity (Wildman–Crippen MR) is 88.8 cm³/mol. The first-order valence-electron chi connectivity index (χ1n) is 8.86. The smallest absolute Gasteiger partial charge is 0.115 e. The van der Waals surface area contributed by atoms with E-state index in [1.165, 1.54) is 44.9 Å². The van der Waals surface area contributed by atoms with Crippen LogP contribution in [-0.2, 0) is 0 Å². The average molecular weight is 303 g/mol. The van der Waals surface area contributed by atoms with Crippen LogP contribution in [0.4, 0.5) is 0 Å². The van der Waals surface area contributed by atoms with Gasteiger partial charge in [-0.25, -0.2) is 0 Å². The van der Waals surface area contributed by atoms with E-state index in [1.54, 1.807) is 24.3 Å². The molecule has 0 radical (unpaired) electrons. The molecule has 0 aromatic heterocycles. The lowest BCUT2D eigenvalue weighted by Gasteiger charge is -2.41. The number of hydrogen-bond acceptors (Lipinski definition) is 3. The van der Waals surface area contributed by atoms with Gasteiger partial charge >= 0.3 is 0 Å². The Hall–Kier alpha value is -1.06. The van der Waals surface area contributed by atoms with Crippen LogP contribution in [0.3, 0.4) is 0 Å². The van der Waals surface area contributed by atoms with Crippen molar-refractivity contribution in [2.75, 3.05) is 0 Å². The highest BCUT2D eigenvalue weighted by molar-refractivity contribution is 5.27. The maximum atomic E-state index is 10.5. The largest absolute Gasteiger partial charge is 0.508 e. The molecule has 22 heavy (non-hydrogen) atoms. The van der Waals surface area contributed by atoms with Crippen LogP contribution in [0.15, 0.2) is 24.3 Å². The molecule has 3 N–H and O–H groups in total. The van der Waals surface area contributed by atoms with E-state index >= 15 is 0 Å². The fraction of sp³-hybridized carbons (Fsp3) is 0.684. The molecular weight excluding hydrogens is 274 g/mol. The van der Waals surface area contributed by atoms with Gasteiger partial charge in [0.15, 0.2) is 0 Å². The summed E-state index contributed by atoms with van der Waals surface area (Å²) in [5, 5.41) is 23.5. The number of hydrogen-bond donors (Lipinski definition) is 3. The summed E-state index contributed by atoms with van der Waals surface area (Å²) in [6.45, 7) is 2.06. The minimum Gasteiger partial charge on any atom is -0.508 e. The van der Waals surface area contributed by atoms with E-state index in [9.17, 15) is 10.2 Å². The van der Waals surface area contributed by atoms with E-state index in [-0.39, 0.29) is 11.8 Å². The fourth-order valence-electron chi connectivity index (χ4n) is 4.45. The van der Waals surface area contributed by atoms with Crippen molar-refractivity contribution in [3.63, 3.8) is 0 Å². The van der Waals surface area contributed by atoms with Gasteiger partial charge in [-0.1, -0.05) is 37.8 Å². The predicted octanol–water partition coefficient (Wildman–Crippen LogP) is 3.76. The van der Waals surface area contributed by atoms with Gasteiger partial charge in [0.05, 0.1) is 6.10 Å². The molecule has 2 aliphatic rings. The minimum absolute atomic E-state index is 0.0367. The Kier molecular flexibility index (Phi) is 5.04. The zero-order valence-corrected chi connectivity index (χ0v) is 13.5. The Morgan fingerprint density at radius 1 is 1.00 bits per heavy atom. The third-order valence-electron chi connectivity index (χ3n) is 5.75. The molecular formula is C19H29NO2. The molecule has 0 amide bonds. The molecule has 0 spiro atoms. The number of phenols is 1. The van der Waals surface area contributed by atoms with Crippen LogP contribution in [0.5, 0.6) is 5.75 Å². The number of rotatable bonds is 4. The topological polar surface area (TPSA) is 52.5 Å². The van der Waals surface area contributed by atoms with Gasteiger partial charge in [-0.2, -0.15) is 0 Å². The summed E-state index contributed by atoms with van der Waals surface area (Å²) >= 11 is 0. The monoisotopic (exact) mass is 303 g/mol. The van der Waals surface area contributed by atoms with Gasteiger partial charge in [0, 0.05) is 12.1 Å². The van der Waals surface area contributed by atoms with Crippen LogP contribution < -0.4 is 5.32 Å². The lowest BCUT2D eigenvalue weighted by atomic mass is 9.69. The number of benzene rings is 1. The normalized spacial score (nSPS) is 31.3. The lowest BCUT2D eigenvalue weighted by Crippen LogP contribution is -2.44. The summed E-state index contributed by atoms with van der Waals surface area (Å²) in [5.74, 6) is 2.11. The molecule has 3 heteroatoms. The van der Waals surface area contributed by atoms with E-state index in [0.29, 0.717) is 6.04 Å². The second-order valence-corrected chi connectivity index (χ2v) is 7.31. The van der Waals surface area contributed by atoms with Crippen LogP contribution in [0, 0.1) is 11.8 Å². The molecule has 122 valence electrons. The summed E-state index contributed by atoms with van der Waals surface area (Å²) in [4.78, 5) is 0. The van der Waals surface area contributed by atoms with Crippen molar-refractivity contribution in [1.82, 2.24) is 5.32 Å². The van der Waals surface area contributed by atoms with Gasteiger partial charge in [-0.05, 0) is 55.7 Å². The maximum Gasteiger partial charge on any atom is 0.115 e. The summed E-state index contributed by atoms with van der Waals surface area (Å²) in [7, 11) is 0. The number of phenolic OH excluding ortho intramolecular Hbond substituents is 1. The molecule has 1 aromatic rings. The first kappa shape index (κ1) is 15.8. The van der Waals surface area contributed by atoms with Crippen molar-refractivity contribution in [1.29, 1.82) is 0 Å². The summed E-state index contributed by atoms with van der Waals surface area (Å²) in [6.07, 6.45) is 9.01. The van der Waals surface area contributed by atoms with Crippen LogP contribution >= 0.6 is 0 Å². The molecule has 2 fully saturated rings. The minimum atomic E-state index is -0.523. The van der Waals surface area contributed by atoms with Crippen LogP contribution in [0.2, 0.25) is 0 Å². The molecule has 0 heterocycles. The molecule has 0 bridgehead atoms. The highest BCUT2D eigenvalue weighted by atomic mass is 16.3. The van der Waals surface area contributed by atoms with Gasteiger partial charge in [0.25, 0.3) is 0 Å². The Balaban J connectivity index is 1.54. The third kappa shape index (κ3) is 3.64. The highest BCUT2D eigenvalue weighted by Gasteiger charge is 2.33. The van der Waals surface area contributed by atoms with Crippen molar-refractivity contribution >= 4 is 0 Å². The molecule has 3 rings (SSSR count). The van der Waals surface area contributed by atoms with E-state index in [4.69, 9.17) is 0 Å². The van der Waals surface area contributed by atoms with Crippen LogP contribution in [0.1, 0.15) is 63.5 Å². The van der Waals surface area contributed by atoms with E-state index in [2.05, 4.69) is 12.2 Å². The third-order valence-corrected chi connectivity index (χ3v) is 5.75. The molecule has 0 unspecified atom stereocenters. The van der Waals surface area contributed by atoms with Gasteiger partial charge in [-0.3, -0.25) is 0 Å². The van der Waals surface area contributed by atoms with Crippen molar-refractivity contribution in [3.05, 3.63) is 29.8 Å². The summed E-state index contributed by atoms with van der Waals surface area (Å²) in [6, 6.07) is 7.46. The summed E-state index contributed by atoms with van der Waals surface area (Å²) in [5.41, 5.74) is 0.865. The second-order valence-electron chi connectivity index (χ2n) is 7.31. The number of aliphatic hydroxyl groups is 1. The van der Waals surface area contributed by atoms with Crippen LogP contribution in [-0.4, -0.2) is 22.3 Å². The molecule has 2 aliphatic carbocycles. The van der Waals surface area contributed by atoms with Gasteiger partial charge < -0.3 is 15.5 Å². The number of fused-ring (bicyclic) bond motifs is 1. The van der Waals surface area contributed by atoms with Crippen molar-refractivity contribution in [2.24, 2.45) is 11.8 Å². The van der Waals surface area contributed by atoms with E-state index < -0.39 is 6.10 Å². The molecule has 3 nitrogen and oxygen atoms in total. The van der Waals surface area contributed by atoms with Crippen molar-refractivity contribution < 1.29 is 10.2 Å². The van der Waals surface area contributed by atoms with Gasteiger partial charge in [0.1, 0.15) is 5.75 Å². The van der Waals surface area contributed by atoms with Gasteiger partial charge in [0.2, 0.25) is 0 Å². The van der Waals surface area contributed by atoms with E-state index in [1.807, 2.05) is 0 Å². The first-order valence-corrected chi connectivity index (χ1v) is 8.86. The zero-order valence-electron chi connectivity index (χ0n) is 13.5. The zero-order chi connectivity index (χ0) is 15.5. The quantitative estimate of drug-likeness (QED) is 0.794. The average Bonchev–Trinajstić information content (AvgIpc) is 2.55. The molecule has 0 saturated heterocycles. The Bertz CT molecular complexity index is 473. The van der Waals surface area contributed by atoms with Gasteiger partial charge in [-0.15, -0.1) is 0 Å². The second kappa shape index (κ2) is 7.01. The number of aromatic hydroxyl groups is 1. The lowest BCUT2D eigenvalue weighted by molar-refractivity contribution is 0.0998. The summed E-state index contributed by atoms with van der Waals surface area (Å²) < 4.78 is 0. The maximum absolute atomic E-state index is 10.5. The molecule has 0 aliphatic heterocycles. The number of nitrogens with one attached hydrogen (secondary N) is 1. The molecule has 1 aromatic carbocycles. The van der Waals surface area contributed by atoms with Crippen LogP contribution in [0.25, 0.3) is 0 Å². The Morgan fingerprint density at radius 3 is 2.41 bits per heavy atom.